The summed E-state index contributed by atoms with van der Waals surface area (Å²) in [4.78, 5) is 7.82. The van der Waals surface area contributed by atoms with Gasteiger partial charge in [0.25, 0.3) is 0 Å². The second-order valence-electron chi connectivity index (χ2n) is 4.20. The van der Waals surface area contributed by atoms with E-state index in [2.05, 4.69) is 39.7 Å². The lowest BCUT2D eigenvalue weighted by atomic mass is 10.2. The predicted octanol–water partition coefficient (Wildman–Crippen LogP) is 4.73. The van der Waals surface area contributed by atoms with Crippen LogP contribution in [0.25, 0.3) is 0 Å². The van der Waals surface area contributed by atoms with Crippen LogP contribution in [0, 0.1) is 4.64 Å². The van der Waals surface area contributed by atoms with Crippen LogP contribution in [0.1, 0.15) is 57.7 Å². The summed E-state index contributed by atoms with van der Waals surface area (Å²) in [6.07, 6.45) is 4.07. The van der Waals surface area contributed by atoms with E-state index in [1.54, 1.807) is 0 Å². The highest BCUT2D eigenvalue weighted by Gasteiger charge is 2.15. The van der Waals surface area contributed by atoms with Crippen molar-refractivity contribution in [3.63, 3.8) is 0 Å². The van der Waals surface area contributed by atoms with E-state index in [0.29, 0.717) is 11.2 Å². The van der Waals surface area contributed by atoms with Gasteiger partial charge in [0, 0.05) is 12.3 Å². The number of ether oxygens (including phenoxy) is 1. The van der Waals surface area contributed by atoms with Crippen LogP contribution in [0.2, 0.25) is 0 Å². The lowest BCUT2D eigenvalue weighted by Gasteiger charge is -2.17. The van der Waals surface area contributed by atoms with Crippen molar-refractivity contribution in [1.29, 1.82) is 0 Å². The third-order valence-corrected chi connectivity index (χ3v) is 4.09. The first kappa shape index (κ1) is 15.8. The van der Waals surface area contributed by atoms with Gasteiger partial charge >= 0.3 is 0 Å². The molecule has 1 aromatic heterocycles. The first-order chi connectivity index (χ1) is 8.63. The average Bonchev–Trinajstić information content (AvgIpc) is 2.34. The molecule has 3 nitrogen and oxygen atoms in total. The molecule has 0 aromatic carbocycles. The zero-order valence-corrected chi connectivity index (χ0v) is 13.7. The molecule has 0 amide bonds. The number of H-pyrrole nitrogens is 1. The van der Waals surface area contributed by atoms with Gasteiger partial charge < -0.3 is 9.72 Å². The van der Waals surface area contributed by atoms with Crippen molar-refractivity contribution in [3.8, 4) is 0 Å². The van der Waals surface area contributed by atoms with E-state index in [-0.39, 0.29) is 6.10 Å². The average molecular weight is 333 g/mol. The number of aromatic amines is 1. The molecule has 1 N–H and O–H groups in total. The Morgan fingerprint density at radius 3 is 2.61 bits per heavy atom. The van der Waals surface area contributed by atoms with Crippen LogP contribution in [-0.2, 0) is 11.2 Å². The minimum atomic E-state index is 0.0189. The van der Waals surface area contributed by atoms with E-state index in [1.165, 1.54) is 0 Å². The number of nitrogens with one attached hydrogen (secondary N) is 1. The molecule has 0 aliphatic carbocycles. The Bertz CT molecular complexity index is 427. The van der Waals surface area contributed by atoms with E-state index >= 15 is 0 Å². The van der Waals surface area contributed by atoms with Crippen LogP contribution in [0.3, 0.4) is 0 Å². The molecule has 102 valence electrons. The van der Waals surface area contributed by atoms with E-state index in [1.807, 2.05) is 6.92 Å². The monoisotopic (exact) mass is 332 g/mol. The quantitative estimate of drug-likeness (QED) is 0.733. The molecule has 0 aliphatic heterocycles. The van der Waals surface area contributed by atoms with Gasteiger partial charge in [0.1, 0.15) is 16.6 Å². The van der Waals surface area contributed by atoms with Gasteiger partial charge in [0.2, 0.25) is 0 Å². The summed E-state index contributed by atoms with van der Waals surface area (Å²) < 4.78 is 7.27. The summed E-state index contributed by atoms with van der Waals surface area (Å²) in [5, 5.41) is 0. The van der Waals surface area contributed by atoms with E-state index < -0.39 is 0 Å². The van der Waals surface area contributed by atoms with Crippen LogP contribution in [0.5, 0.6) is 0 Å². The van der Waals surface area contributed by atoms with Crippen LogP contribution in [-0.4, -0.2) is 16.6 Å². The zero-order chi connectivity index (χ0) is 13.5. The minimum Gasteiger partial charge on any atom is -0.371 e. The lowest BCUT2D eigenvalue weighted by molar-refractivity contribution is 0.0491. The number of hydrogen-bond donors (Lipinski definition) is 1. The summed E-state index contributed by atoms with van der Waals surface area (Å²) in [6.45, 7) is 6.98. The Labute approximate surface area is 122 Å². The van der Waals surface area contributed by atoms with Crippen molar-refractivity contribution in [1.82, 2.24) is 9.97 Å². The minimum absolute atomic E-state index is 0.0189. The molecule has 0 bridgehead atoms. The van der Waals surface area contributed by atoms with Gasteiger partial charge in [0.05, 0.1) is 4.47 Å². The molecule has 0 fully saturated rings. The van der Waals surface area contributed by atoms with E-state index in [0.717, 1.165) is 41.7 Å². The predicted molar refractivity (Wildman–Crippen MR) is 80.4 cm³/mol. The van der Waals surface area contributed by atoms with Crippen molar-refractivity contribution >= 4 is 28.1 Å². The van der Waals surface area contributed by atoms with Gasteiger partial charge in [-0.25, -0.2) is 4.98 Å². The number of nitrogens with zero attached hydrogens (tertiary/aromatic N) is 1. The second kappa shape index (κ2) is 8.02. The SMILES string of the molecule is CCCc1[nH]c(C(CCC)OCC)nc(=S)c1Br. The van der Waals surface area contributed by atoms with Gasteiger partial charge in [-0.1, -0.05) is 38.9 Å². The van der Waals surface area contributed by atoms with E-state index in [4.69, 9.17) is 17.0 Å². The Kier molecular flexibility index (Phi) is 7.04. The Morgan fingerprint density at radius 1 is 1.33 bits per heavy atom. The fraction of sp³-hybridized carbons (Fsp3) is 0.692. The summed E-state index contributed by atoms with van der Waals surface area (Å²) in [6, 6.07) is 0. The standard InChI is InChI=1S/C13H21BrN2OS/c1-4-7-9-11(14)13(18)16-12(15-9)10(8-5-2)17-6-3/h10H,4-8H2,1-3H3,(H,15,16,18). The van der Waals surface area contributed by atoms with Crippen molar-refractivity contribution in [2.45, 2.75) is 52.6 Å². The maximum atomic E-state index is 5.74. The summed E-state index contributed by atoms with van der Waals surface area (Å²) in [7, 11) is 0. The number of rotatable bonds is 7. The van der Waals surface area contributed by atoms with Crippen LogP contribution < -0.4 is 0 Å². The highest BCUT2D eigenvalue weighted by molar-refractivity contribution is 9.10. The normalized spacial score (nSPS) is 12.7. The smallest absolute Gasteiger partial charge is 0.144 e. The first-order valence-electron chi connectivity index (χ1n) is 6.54. The number of aromatic nitrogens is 2. The molecule has 1 unspecified atom stereocenters. The van der Waals surface area contributed by atoms with Crippen molar-refractivity contribution < 1.29 is 4.74 Å². The molecule has 0 spiro atoms. The molecule has 0 aliphatic rings. The fourth-order valence-electron chi connectivity index (χ4n) is 1.86. The summed E-state index contributed by atoms with van der Waals surface area (Å²) >= 11 is 8.80. The number of halogens is 1. The van der Waals surface area contributed by atoms with Gasteiger partial charge in [-0.2, -0.15) is 0 Å². The van der Waals surface area contributed by atoms with Gasteiger partial charge in [-0.05, 0) is 35.7 Å². The molecule has 5 heteroatoms. The van der Waals surface area contributed by atoms with Gasteiger partial charge in [-0.3, -0.25) is 0 Å². The zero-order valence-electron chi connectivity index (χ0n) is 11.3. The van der Waals surface area contributed by atoms with Gasteiger partial charge in [-0.15, -0.1) is 0 Å². The molecule has 1 atom stereocenters. The van der Waals surface area contributed by atoms with Crippen LogP contribution >= 0.6 is 28.1 Å². The molecule has 0 radical (unpaired) electrons. The molecule has 0 saturated heterocycles. The Morgan fingerprint density at radius 2 is 2.06 bits per heavy atom. The number of aryl methyl sites for hydroxylation is 1. The molecule has 1 rings (SSSR count). The topological polar surface area (TPSA) is 37.9 Å². The largest absolute Gasteiger partial charge is 0.371 e. The first-order valence-corrected chi connectivity index (χ1v) is 7.74. The molecule has 1 aromatic rings. The third-order valence-electron chi connectivity index (χ3n) is 2.68. The Hall–Kier alpha value is -0.260. The highest BCUT2D eigenvalue weighted by Crippen LogP contribution is 2.24. The molecule has 1 heterocycles. The summed E-state index contributed by atoms with van der Waals surface area (Å²) in [5.41, 5.74) is 1.12. The molecule has 0 saturated carbocycles. The Balaban J connectivity index is 3.10. The molecular formula is C13H21BrN2OS. The number of hydrogen-bond acceptors (Lipinski definition) is 3. The second-order valence-corrected chi connectivity index (χ2v) is 5.38. The van der Waals surface area contributed by atoms with E-state index in [9.17, 15) is 0 Å². The maximum Gasteiger partial charge on any atom is 0.144 e. The molecule has 18 heavy (non-hydrogen) atoms. The highest BCUT2D eigenvalue weighted by atomic mass is 79.9. The van der Waals surface area contributed by atoms with Crippen molar-refractivity contribution in [2.24, 2.45) is 0 Å². The van der Waals surface area contributed by atoms with Gasteiger partial charge in [0.15, 0.2) is 0 Å². The van der Waals surface area contributed by atoms with Crippen molar-refractivity contribution in [2.75, 3.05) is 6.61 Å². The third kappa shape index (κ3) is 4.14. The maximum absolute atomic E-state index is 5.74. The van der Waals surface area contributed by atoms with Crippen molar-refractivity contribution in [3.05, 3.63) is 20.6 Å². The summed E-state index contributed by atoms with van der Waals surface area (Å²) in [5.74, 6) is 0.857. The lowest BCUT2D eigenvalue weighted by Crippen LogP contribution is -2.11. The van der Waals surface area contributed by atoms with Crippen LogP contribution in [0.15, 0.2) is 4.47 Å². The fourth-order valence-corrected chi connectivity index (χ4v) is 2.47. The molecular weight excluding hydrogens is 312 g/mol. The van der Waals surface area contributed by atoms with Crippen LogP contribution in [0.4, 0.5) is 0 Å².